The fourth-order valence-electron chi connectivity index (χ4n) is 3.59. The summed E-state index contributed by atoms with van der Waals surface area (Å²) in [5.41, 5.74) is -2.20. The molecule has 0 spiro atoms. The van der Waals surface area contributed by atoms with Crippen molar-refractivity contribution in [2.24, 2.45) is 0 Å². The summed E-state index contributed by atoms with van der Waals surface area (Å²) in [5.74, 6) is 0. The van der Waals surface area contributed by atoms with Gasteiger partial charge in [-0.1, -0.05) is 13.8 Å². The minimum absolute atomic E-state index is 0.0163. The molecule has 3 rings (SSSR count). The van der Waals surface area contributed by atoms with Gasteiger partial charge in [0.1, 0.15) is 12.2 Å². The van der Waals surface area contributed by atoms with Crippen molar-refractivity contribution in [1.82, 2.24) is 9.55 Å². The van der Waals surface area contributed by atoms with Crippen molar-refractivity contribution in [2.75, 3.05) is 6.61 Å². The first-order valence-electron chi connectivity index (χ1n) is 9.90. The van der Waals surface area contributed by atoms with E-state index in [1.54, 1.807) is 20.8 Å². The molecule has 2 fully saturated rings. The molecule has 0 bridgehead atoms. The third-order valence-corrected chi connectivity index (χ3v) is 8.64. The number of aromatic amines is 1. The zero-order valence-corrected chi connectivity index (χ0v) is 18.3. The Morgan fingerprint density at radius 2 is 2.03 bits per heavy atom. The van der Waals surface area contributed by atoms with E-state index in [1.807, 2.05) is 0 Å². The maximum atomic E-state index is 12.9. The van der Waals surface area contributed by atoms with Crippen LogP contribution in [0.2, 0.25) is 0 Å². The van der Waals surface area contributed by atoms with E-state index in [0.717, 1.165) is 4.57 Å². The van der Waals surface area contributed by atoms with Crippen molar-refractivity contribution in [3.63, 3.8) is 0 Å². The van der Waals surface area contributed by atoms with Gasteiger partial charge in [0.15, 0.2) is 11.6 Å². The Kier molecular flexibility index (Phi) is 6.21. The third-order valence-electron chi connectivity index (χ3n) is 6.02. The topological polar surface area (TPSA) is 160 Å². The summed E-state index contributed by atoms with van der Waals surface area (Å²) >= 11 is 0. The van der Waals surface area contributed by atoms with Gasteiger partial charge in [-0.05, 0) is 26.7 Å². The summed E-state index contributed by atoms with van der Waals surface area (Å²) in [6.07, 6.45) is -3.18. The number of hydrogen-bond donors (Lipinski definition) is 4. The SMILES string of the molecule is CCC(C)(C[C@H]1O[C@@H](n2cc(C)c(=O)[nH]c2=O)[C@H](O)[C@@H]1O)OP1(=O)OCC1(O)CC. The van der Waals surface area contributed by atoms with Crippen LogP contribution in [0.25, 0.3) is 0 Å². The van der Waals surface area contributed by atoms with Crippen LogP contribution in [0.5, 0.6) is 0 Å². The number of H-pyrrole nitrogens is 1. The van der Waals surface area contributed by atoms with E-state index < -0.39 is 54.3 Å². The van der Waals surface area contributed by atoms with Crippen LogP contribution >= 0.6 is 7.60 Å². The zero-order chi connectivity index (χ0) is 22.5. The zero-order valence-electron chi connectivity index (χ0n) is 17.4. The molecule has 0 aliphatic carbocycles. The van der Waals surface area contributed by atoms with Crippen LogP contribution in [0.15, 0.2) is 15.8 Å². The molecule has 7 atom stereocenters. The lowest BCUT2D eigenvalue weighted by Gasteiger charge is -2.46. The molecule has 30 heavy (non-hydrogen) atoms. The lowest BCUT2D eigenvalue weighted by Crippen LogP contribution is -2.48. The van der Waals surface area contributed by atoms with Crippen LogP contribution < -0.4 is 11.2 Å². The molecule has 4 N–H and O–H groups in total. The van der Waals surface area contributed by atoms with Gasteiger partial charge in [-0.25, -0.2) is 4.79 Å². The molecular formula is C18H29N2O9P. The number of hydrogen-bond acceptors (Lipinski definition) is 9. The van der Waals surface area contributed by atoms with Crippen LogP contribution in [-0.4, -0.2) is 60.7 Å². The number of aryl methyl sites for hydroxylation is 1. The standard InChI is InChI=1S/C18H29N2O9P/c1-5-17(4,29-30(26)18(25,6-2)9-27-30)7-11-12(21)13(22)15(28-11)20-8-10(3)14(23)19-16(20)24/h8,11-13,15,21-22,25H,5-7,9H2,1-4H3,(H,19,23,24)/t11-,12-,13-,15-,17?,18?,30?/m1/s1. The summed E-state index contributed by atoms with van der Waals surface area (Å²) in [5, 5.41) is 29.8. The molecule has 3 unspecified atom stereocenters. The van der Waals surface area contributed by atoms with Crippen LogP contribution in [0, 0.1) is 6.92 Å². The van der Waals surface area contributed by atoms with Gasteiger partial charge in [-0.15, -0.1) is 0 Å². The van der Waals surface area contributed by atoms with E-state index >= 15 is 0 Å². The summed E-state index contributed by atoms with van der Waals surface area (Å²) in [7, 11) is -3.78. The number of rotatable bonds is 7. The summed E-state index contributed by atoms with van der Waals surface area (Å²) in [4.78, 5) is 25.9. The molecule has 2 aliphatic rings. The quantitative estimate of drug-likeness (QED) is 0.432. The van der Waals surface area contributed by atoms with Gasteiger partial charge in [0.25, 0.3) is 5.56 Å². The maximum absolute atomic E-state index is 12.9. The molecular weight excluding hydrogens is 419 g/mol. The molecule has 0 radical (unpaired) electrons. The Bertz CT molecular complexity index is 958. The Labute approximate surface area is 173 Å². The van der Waals surface area contributed by atoms with E-state index in [4.69, 9.17) is 13.8 Å². The van der Waals surface area contributed by atoms with Gasteiger partial charge in [-0.2, -0.15) is 0 Å². The second-order valence-corrected chi connectivity index (χ2v) is 10.5. The van der Waals surface area contributed by atoms with Gasteiger partial charge in [0, 0.05) is 18.2 Å². The minimum Gasteiger partial charge on any atom is -0.388 e. The Morgan fingerprint density at radius 3 is 2.57 bits per heavy atom. The average molecular weight is 448 g/mol. The number of ether oxygens (including phenoxy) is 1. The van der Waals surface area contributed by atoms with Gasteiger partial charge in [0.05, 0.1) is 18.3 Å². The lowest BCUT2D eigenvalue weighted by molar-refractivity contribution is -0.0929. The van der Waals surface area contributed by atoms with Crippen molar-refractivity contribution < 1.29 is 33.7 Å². The predicted octanol–water partition coefficient (Wildman–Crippen LogP) is 0.362. The number of nitrogens with zero attached hydrogens (tertiary/aromatic N) is 1. The largest absolute Gasteiger partial charge is 0.388 e. The average Bonchev–Trinajstić information content (AvgIpc) is 2.97. The van der Waals surface area contributed by atoms with Crippen molar-refractivity contribution in [1.29, 1.82) is 0 Å². The Hall–Kier alpha value is -1.33. The fraction of sp³-hybridized carbons (Fsp3) is 0.778. The van der Waals surface area contributed by atoms with Crippen molar-refractivity contribution >= 4 is 7.60 Å². The summed E-state index contributed by atoms with van der Waals surface area (Å²) in [6.45, 7) is 6.52. The second-order valence-electron chi connectivity index (χ2n) is 8.23. The molecule has 12 heteroatoms. The maximum Gasteiger partial charge on any atom is 0.364 e. The Balaban J connectivity index is 1.81. The molecule has 2 saturated heterocycles. The van der Waals surface area contributed by atoms with Crippen LogP contribution in [0.3, 0.4) is 0 Å². The molecule has 11 nitrogen and oxygen atoms in total. The van der Waals surface area contributed by atoms with Gasteiger partial charge >= 0.3 is 13.3 Å². The van der Waals surface area contributed by atoms with E-state index in [9.17, 15) is 29.5 Å². The lowest BCUT2D eigenvalue weighted by atomic mass is 9.93. The predicted molar refractivity (Wildman–Crippen MR) is 105 cm³/mol. The second kappa shape index (κ2) is 7.98. The minimum atomic E-state index is -3.78. The Morgan fingerprint density at radius 1 is 1.37 bits per heavy atom. The molecule has 170 valence electrons. The highest BCUT2D eigenvalue weighted by Crippen LogP contribution is 2.70. The fourth-order valence-corrected chi connectivity index (χ4v) is 5.62. The van der Waals surface area contributed by atoms with Crippen LogP contribution in [0.4, 0.5) is 0 Å². The number of nitrogens with one attached hydrogen (secondary N) is 1. The van der Waals surface area contributed by atoms with E-state index in [-0.39, 0.29) is 25.0 Å². The van der Waals surface area contributed by atoms with Crippen molar-refractivity contribution in [3.05, 3.63) is 32.6 Å². The molecule has 0 amide bonds. The highest BCUT2D eigenvalue weighted by Gasteiger charge is 2.61. The molecule has 0 aromatic carbocycles. The number of aliphatic hydroxyl groups excluding tert-OH is 2. The van der Waals surface area contributed by atoms with E-state index in [2.05, 4.69) is 4.98 Å². The molecule has 0 saturated carbocycles. The molecule has 1 aromatic heterocycles. The molecule has 1 aromatic rings. The van der Waals surface area contributed by atoms with Crippen molar-refractivity contribution in [3.8, 4) is 0 Å². The summed E-state index contributed by atoms with van der Waals surface area (Å²) in [6, 6.07) is 0. The number of aromatic nitrogens is 2. The highest BCUT2D eigenvalue weighted by atomic mass is 31.2. The highest BCUT2D eigenvalue weighted by molar-refractivity contribution is 7.56. The van der Waals surface area contributed by atoms with Gasteiger partial charge in [0.2, 0.25) is 0 Å². The van der Waals surface area contributed by atoms with E-state index in [0.29, 0.717) is 6.42 Å². The first-order chi connectivity index (χ1) is 13.9. The first-order valence-corrected chi connectivity index (χ1v) is 11.4. The molecule has 3 heterocycles. The van der Waals surface area contributed by atoms with Crippen LogP contribution in [0.1, 0.15) is 51.8 Å². The van der Waals surface area contributed by atoms with Gasteiger partial charge in [-0.3, -0.25) is 18.9 Å². The first kappa shape index (κ1) is 23.3. The van der Waals surface area contributed by atoms with E-state index in [1.165, 1.54) is 13.1 Å². The van der Waals surface area contributed by atoms with Crippen molar-refractivity contribution in [2.45, 2.75) is 82.4 Å². The third kappa shape index (κ3) is 3.84. The normalized spacial score (nSPS) is 38.2. The smallest absolute Gasteiger partial charge is 0.364 e. The van der Waals surface area contributed by atoms with Gasteiger partial charge < -0.3 is 29.1 Å². The monoisotopic (exact) mass is 448 g/mol. The number of aliphatic hydroxyl groups is 3. The summed E-state index contributed by atoms with van der Waals surface area (Å²) < 4.78 is 30.6. The molecule has 2 aliphatic heterocycles. The van der Waals surface area contributed by atoms with Crippen LogP contribution in [-0.2, 0) is 18.3 Å².